The van der Waals surface area contributed by atoms with Crippen molar-refractivity contribution in [2.75, 3.05) is 19.6 Å². The quantitative estimate of drug-likeness (QED) is 0.0169. The molecule has 9 amide bonds. The van der Waals surface area contributed by atoms with E-state index in [0.717, 1.165) is 46.0 Å². The largest absolute Gasteiger partial charge is 0.480 e. The van der Waals surface area contributed by atoms with Crippen molar-refractivity contribution in [2.45, 2.75) is 198 Å². The predicted octanol–water partition coefficient (Wildman–Crippen LogP) is -4.94. The standard InChI is InChI=1S/C51H90N18O13/c1-7-14-34(49(81)82)64-47(79)38(26(3)8-2)67-43(75)33(18-13-20-59-51(55)56)63-37(72)24-60-46(78)39(28(5)70)69-48(80)40(29(6)71)68-45(77)36(22-31-23-57-25-61-31)66-44(76)35(21-30-15-10-9-11-16-30)65-41(73)27(4)62-42(74)32(52)17-12-19-58-50(53)54/h23,25-30,32-36,38-40,70-71H,7-22,24,52H2,1-6H3,(H,57,61)(H,60,78)(H,62,74)(H,63,72)(H,64,79)(H,65,73)(H,66,76)(H,67,75)(H,68,77)(H,69,80)(H,81,82)(H4,53,54,58)(H4,55,56,59)/t26?,27-,28+,29+,32-,33-,34-,35-,36-,38-,39-,40-/m0/s1. The number of aromatic amines is 1. The van der Waals surface area contributed by atoms with Crippen molar-refractivity contribution in [1.29, 1.82) is 0 Å². The molecule has 0 bridgehead atoms. The summed E-state index contributed by atoms with van der Waals surface area (Å²) in [6.45, 7) is 8.35. The molecular weight excluding hydrogens is 1070 g/mol. The monoisotopic (exact) mass is 1160 g/mol. The topological polar surface area (TPSA) is 523 Å². The molecule has 1 saturated carbocycles. The third-order valence-electron chi connectivity index (χ3n) is 13.7. The third-order valence-corrected chi connectivity index (χ3v) is 13.7. The fraction of sp³-hybridized carbons (Fsp3) is 0.706. The van der Waals surface area contributed by atoms with Crippen LogP contribution in [0.5, 0.6) is 0 Å². The molecule has 1 unspecified atom stereocenters. The van der Waals surface area contributed by atoms with Crippen LogP contribution in [0.25, 0.3) is 0 Å². The predicted molar refractivity (Wildman–Crippen MR) is 301 cm³/mol. The average Bonchev–Trinajstić information content (AvgIpc) is 3.98. The second-order valence-corrected chi connectivity index (χ2v) is 20.7. The van der Waals surface area contributed by atoms with Crippen molar-refractivity contribution in [1.82, 2.24) is 57.8 Å². The minimum Gasteiger partial charge on any atom is -0.480 e. The number of aliphatic hydroxyl groups is 2. The lowest BCUT2D eigenvalue weighted by Crippen LogP contribution is -2.62. The number of carboxylic acid groups (broad SMARTS) is 1. The lowest BCUT2D eigenvalue weighted by Gasteiger charge is -2.30. The zero-order valence-corrected chi connectivity index (χ0v) is 47.8. The smallest absolute Gasteiger partial charge is 0.326 e. The van der Waals surface area contributed by atoms with Crippen molar-refractivity contribution in [3.05, 3.63) is 18.2 Å². The molecule has 1 aliphatic rings. The van der Waals surface area contributed by atoms with Crippen LogP contribution in [0.15, 0.2) is 22.5 Å². The minimum absolute atomic E-state index is 0.0164. The van der Waals surface area contributed by atoms with Crippen LogP contribution in [0.1, 0.15) is 131 Å². The number of aliphatic imine (C=N–C) groups is 2. The van der Waals surface area contributed by atoms with E-state index in [0.29, 0.717) is 25.0 Å². The maximum absolute atomic E-state index is 14.3. The summed E-state index contributed by atoms with van der Waals surface area (Å²) in [7, 11) is 0. The maximum atomic E-state index is 14.3. The molecule has 23 N–H and O–H groups in total. The van der Waals surface area contributed by atoms with Crippen molar-refractivity contribution < 1.29 is 63.3 Å². The first-order chi connectivity index (χ1) is 38.7. The molecule has 0 aliphatic heterocycles. The molecular formula is C51H90N18O13. The lowest BCUT2D eigenvalue weighted by molar-refractivity contribution is -0.143. The van der Waals surface area contributed by atoms with E-state index in [2.05, 4.69) is 67.8 Å². The number of imidazole rings is 1. The number of hydrogen-bond acceptors (Lipinski definition) is 16. The number of nitrogens with zero attached hydrogens (tertiary/aromatic N) is 3. The second kappa shape index (κ2) is 36.6. The first-order valence-electron chi connectivity index (χ1n) is 27.8. The molecule has 82 heavy (non-hydrogen) atoms. The van der Waals surface area contributed by atoms with Crippen LogP contribution in [-0.4, -0.2) is 183 Å². The Bertz CT molecular complexity index is 2310. The molecule has 1 aromatic heterocycles. The van der Waals surface area contributed by atoms with Gasteiger partial charge in [0.1, 0.15) is 48.3 Å². The number of hydrogen-bond donors (Lipinski definition) is 18. The van der Waals surface area contributed by atoms with Gasteiger partial charge in [0.05, 0.1) is 31.1 Å². The Kier molecular flexibility index (Phi) is 31.5. The Balaban J connectivity index is 2.29. The number of carbonyl (C=O) groups is 10. The first kappa shape index (κ1) is 70.4. The van der Waals surface area contributed by atoms with Crippen LogP contribution in [0.4, 0.5) is 0 Å². The van der Waals surface area contributed by atoms with Gasteiger partial charge in [-0.2, -0.15) is 0 Å². The van der Waals surface area contributed by atoms with Crippen LogP contribution in [0.2, 0.25) is 0 Å². The number of guanidine groups is 2. The van der Waals surface area contributed by atoms with Gasteiger partial charge in [-0.15, -0.1) is 0 Å². The van der Waals surface area contributed by atoms with Crippen molar-refractivity contribution in [3.63, 3.8) is 0 Å². The Morgan fingerprint density at radius 3 is 1.70 bits per heavy atom. The van der Waals surface area contributed by atoms with Crippen LogP contribution in [-0.2, 0) is 54.4 Å². The molecule has 0 radical (unpaired) electrons. The molecule has 31 nitrogen and oxygen atoms in total. The van der Waals surface area contributed by atoms with Gasteiger partial charge in [0, 0.05) is 31.4 Å². The number of nitrogens with one attached hydrogen (secondary N) is 10. The molecule has 0 saturated heterocycles. The average molecular weight is 1160 g/mol. The highest BCUT2D eigenvalue weighted by Gasteiger charge is 2.37. The Morgan fingerprint density at radius 2 is 1.15 bits per heavy atom. The van der Waals surface area contributed by atoms with Gasteiger partial charge in [-0.1, -0.05) is 65.7 Å². The highest BCUT2D eigenvalue weighted by molar-refractivity contribution is 5.98. The molecule has 1 heterocycles. The van der Waals surface area contributed by atoms with Gasteiger partial charge >= 0.3 is 5.97 Å². The van der Waals surface area contributed by atoms with Crippen molar-refractivity contribution >= 4 is 71.1 Å². The number of rotatable bonds is 37. The van der Waals surface area contributed by atoms with Gasteiger partial charge in [-0.25, -0.2) is 9.78 Å². The zero-order chi connectivity index (χ0) is 61.6. The molecule has 31 heteroatoms. The highest BCUT2D eigenvalue weighted by Crippen LogP contribution is 2.27. The van der Waals surface area contributed by atoms with Crippen LogP contribution in [0.3, 0.4) is 0 Å². The van der Waals surface area contributed by atoms with E-state index in [1.165, 1.54) is 19.4 Å². The Labute approximate surface area is 477 Å². The van der Waals surface area contributed by atoms with Crippen LogP contribution >= 0.6 is 0 Å². The molecule has 0 aromatic carbocycles. The van der Waals surface area contributed by atoms with Gasteiger partial charge in [0.25, 0.3) is 0 Å². The third kappa shape index (κ3) is 25.8. The number of nitrogens with two attached hydrogens (primary N) is 5. The van der Waals surface area contributed by atoms with Gasteiger partial charge < -0.3 is 96.8 Å². The zero-order valence-electron chi connectivity index (χ0n) is 47.8. The summed E-state index contributed by atoms with van der Waals surface area (Å²) in [4.78, 5) is 149. The minimum atomic E-state index is -1.83. The van der Waals surface area contributed by atoms with E-state index in [1.807, 2.05) is 0 Å². The fourth-order valence-electron chi connectivity index (χ4n) is 8.78. The summed E-state index contributed by atoms with van der Waals surface area (Å²) in [5, 5.41) is 53.7. The van der Waals surface area contributed by atoms with E-state index in [4.69, 9.17) is 28.7 Å². The molecule has 1 fully saturated rings. The van der Waals surface area contributed by atoms with Crippen molar-refractivity contribution in [2.24, 2.45) is 50.5 Å². The maximum Gasteiger partial charge on any atom is 0.326 e. The van der Waals surface area contributed by atoms with Gasteiger partial charge in [0.15, 0.2) is 11.9 Å². The molecule has 1 aromatic rings. The lowest BCUT2D eigenvalue weighted by atomic mass is 9.84. The SMILES string of the molecule is CCC[C@H](NC(=O)[C@@H](NC(=O)[C@H](CCCN=C(N)N)NC(=O)CNC(=O)[C@@H](NC(=O)[C@@H](NC(=O)[C@H](Cc1cnc[nH]1)NC(=O)[C@H](CC1CCCCC1)NC(=O)[C@H](C)NC(=O)[C@@H](N)CCCN=C(N)N)[C@@H](C)O)[C@@H](C)O)C(C)CC)C(=O)O. The normalized spacial score (nSPS) is 16.8. The Morgan fingerprint density at radius 1 is 0.622 bits per heavy atom. The number of aliphatic hydroxyl groups excluding tert-OH is 2. The number of carboxylic acids is 1. The van der Waals surface area contributed by atoms with Crippen LogP contribution < -0.4 is 76.5 Å². The summed E-state index contributed by atoms with van der Waals surface area (Å²) in [5.41, 5.74) is 28.0. The summed E-state index contributed by atoms with van der Waals surface area (Å²) in [6.07, 6.45) is 5.32. The van der Waals surface area contributed by atoms with Crippen molar-refractivity contribution in [3.8, 4) is 0 Å². The summed E-state index contributed by atoms with van der Waals surface area (Å²) in [5.74, 6) is -9.98. The van der Waals surface area contributed by atoms with Gasteiger partial charge in [-0.3, -0.25) is 53.1 Å². The molecule has 0 spiro atoms. The van der Waals surface area contributed by atoms with E-state index >= 15 is 0 Å². The summed E-state index contributed by atoms with van der Waals surface area (Å²) >= 11 is 0. The Hall–Kier alpha value is -7.67. The van der Waals surface area contributed by atoms with E-state index in [1.54, 1.807) is 20.8 Å². The number of amides is 9. The molecule has 462 valence electrons. The van der Waals surface area contributed by atoms with E-state index in [9.17, 15) is 63.3 Å². The van der Waals surface area contributed by atoms with Gasteiger partial charge in [-0.05, 0) is 71.1 Å². The van der Waals surface area contributed by atoms with Gasteiger partial charge in [0.2, 0.25) is 53.2 Å². The number of carbonyl (C=O) groups excluding carboxylic acids is 9. The second-order valence-electron chi connectivity index (χ2n) is 20.7. The fourth-order valence-corrected chi connectivity index (χ4v) is 8.78. The van der Waals surface area contributed by atoms with Crippen LogP contribution in [0, 0.1) is 11.8 Å². The molecule has 1 aliphatic carbocycles. The number of aliphatic carboxylic acids is 1. The highest BCUT2D eigenvalue weighted by atomic mass is 16.4. The van der Waals surface area contributed by atoms with E-state index < -0.39 is 138 Å². The molecule has 2 rings (SSSR count). The first-order valence-corrected chi connectivity index (χ1v) is 27.8. The van der Waals surface area contributed by atoms with E-state index in [-0.39, 0.29) is 69.5 Å². The summed E-state index contributed by atoms with van der Waals surface area (Å²) < 4.78 is 0. The number of aromatic nitrogens is 2. The molecule has 12 atom stereocenters. The summed E-state index contributed by atoms with van der Waals surface area (Å²) in [6, 6.07) is -12.3. The number of H-pyrrole nitrogens is 1.